The van der Waals surface area contributed by atoms with Crippen LogP contribution >= 0.6 is 0 Å². The first kappa shape index (κ1) is 9.99. The first-order valence-corrected chi connectivity index (χ1v) is 5.48. The van der Waals surface area contributed by atoms with Crippen LogP contribution in [0.15, 0.2) is 11.8 Å². The molecule has 2 atom stereocenters. The van der Waals surface area contributed by atoms with Crippen molar-refractivity contribution in [3.05, 3.63) is 11.8 Å². The Kier molecular flexibility index (Phi) is 3.43. The number of hydrogen-bond acceptors (Lipinski definition) is 3. The SMILES string of the molecule is OC(C1=COCCC1)C1CCCCO1. The van der Waals surface area contributed by atoms with Crippen molar-refractivity contribution in [2.75, 3.05) is 13.2 Å². The van der Waals surface area contributed by atoms with Crippen molar-refractivity contribution >= 4 is 0 Å². The number of aliphatic hydroxyl groups is 1. The van der Waals surface area contributed by atoms with E-state index in [9.17, 15) is 5.11 Å². The Bertz CT molecular complexity index is 207. The summed E-state index contributed by atoms with van der Waals surface area (Å²) >= 11 is 0. The summed E-state index contributed by atoms with van der Waals surface area (Å²) in [7, 11) is 0. The highest BCUT2D eigenvalue weighted by Gasteiger charge is 2.26. The predicted octanol–water partition coefficient (Wildman–Crippen LogP) is 1.61. The fraction of sp³-hybridized carbons (Fsp3) is 0.818. The first-order chi connectivity index (χ1) is 6.88. The maximum atomic E-state index is 10.0. The van der Waals surface area contributed by atoms with Crippen LogP contribution in [0.2, 0.25) is 0 Å². The molecule has 3 heteroatoms. The van der Waals surface area contributed by atoms with E-state index in [1.54, 1.807) is 6.26 Å². The number of hydrogen-bond donors (Lipinski definition) is 1. The van der Waals surface area contributed by atoms with Crippen LogP contribution in [0.1, 0.15) is 32.1 Å². The summed E-state index contributed by atoms with van der Waals surface area (Å²) in [5.41, 5.74) is 1.00. The Morgan fingerprint density at radius 2 is 2.21 bits per heavy atom. The zero-order chi connectivity index (χ0) is 9.80. The van der Waals surface area contributed by atoms with Gasteiger partial charge in [-0.3, -0.25) is 0 Å². The lowest BCUT2D eigenvalue weighted by atomic mass is 9.95. The molecule has 0 radical (unpaired) electrons. The Labute approximate surface area is 84.7 Å². The predicted molar refractivity (Wildman–Crippen MR) is 52.9 cm³/mol. The third-order valence-corrected chi connectivity index (χ3v) is 2.91. The molecule has 1 saturated heterocycles. The summed E-state index contributed by atoms with van der Waals surface area (Å²) in [6, 6.07) is 0. The molecule has 0 amide bonds. The lowest BCUT2D eigenvalue weighted by Crippen LogP contribution is -2.34. The number of rotatable bonds is 2. The Balaban J connectivity index is 1.91. The van der Waals surface area contributed by atoms with Gasteiger partial charge in [0, 0.05) is 6.61 Å². The Hall–Kier alpha value is -0.540. The van der Waals surface area contributed by atoms with Crippen molar-refractivity contribution in [1.29, 1.82) is 0 Å². The largest absolute Gasteiger partial charge is 0.501 e. The van der Waals surface area contributed by atoms with E-state index in [0.717, 1.165) is 50.9 Å². The maximum Gasteiger partial charge on any atom is 0.104 e. The van der Waals surface area contributed by atoms with Crippen molar-refractivity contribution in [3.8, 4) is 0 Å². The highest BCUT2D eigenvalue weighted by molar-refractivity contribution is 5.09. The highest BCUT2D eigenvalue weighted by Crippen LogP contribution is 2.24. The van der Waals surface area contributed by atoms with Crippen molar-refractivity contribution in [2.24, 2.45) is 0 Å². The fourth-order valence-corrected chi connectivity index (χ4v) is 2.06. The quantitative estimate of drug-likeness (QED) is 0.732. The third kappa shape index (κ3) is 2.28. The van der Waals surface area contributed by atoms with E-state index < -0.39 is 6.10 Å². The number of aliphatic hydroxyl groups excluding tert-OH is 1. The molecule has 2 unspecified atom stereocenters. The van der Waals surface area contributed by atoms with Gasteiger partial charge in [-0.1, -0.05) is 0 Å². The van der Waals surface area contributed by atoms with Crippen LogP contribution in [0, 0.1) is 0 Å². The average Bonchev–Trinajstić information content (AvgIpc) is 2.30. The van der Waals surface area contributed by atoms with Crippen molar-refractivity contribution in [1.82, 2.24) is 0 Å². The molecule has 0 aromatic heterocycles. The molecular weight excluding hydrogens is 180 g/mol. The zero-order valence-electron chi connectivity index (χ0n) is 8.45. The lowest BCUT2D eigenvalue weighted by Gasteiger charge is -2.29. The van der Waals surface area contributed by atoms with Gasteiger partial charge in [-0.2, -0.15) is 0 Å². The lowest BCUT2D eigenvalue weighted by molar-refractivity contribution is -0.0511. The van der Waals surface area contributed by atoms with Crippen molar-refractivity contribution in [2.45, 2.75) is 44.3 Å². The Morgan fingerprint density at radius 1 is 1.29 bits per heavy atom. The number of ether oxygens (including phenoxy) is 2. The monoisotopic (exact) mass is 198 g/mol. The van der Waals surface area contributed by atoms with Gasteiger partial charge in [-0.25, -0.2) is 0 Å². The van der Waals surface area contributed by atoms with Gasteiger partial charge in [0.25, 0.3) is 0 Å². The molecule has 0 aromatic carbocycles. The highest BCUT2D eigenvalue weighted by atomic mass is 16.5. The van der Waals surface area contributed by atoms with E-state index in [1.165, 1.54) is 0 Å². The average molecular weight is 198 g/mol. The molecule has 80 valence electrons. The van der Waals surface area contributed by atoms with E-state index in [4.69, 9.17) is 9.47 Å². The molecule has 1 N–H and O–H groups in total. The summed E-state index contributed by atoms with van der Waals surface area (Å²) < 4.78 is 10.8. The van der Waals surface area contributed by atoms with Crippen LogP contribution < -0.4 is 0 Å². The maximum absolute atomic E-state index is 10.0. The second-order valence-electron chi connectivity index (χ2n) is 4.02. The minimum Gasteiger partial charge on any atom is -0.501 e. The normalized spacial score (nSPS) is 30.4. The van der Waals surface area contributed by atoms with Crippen LogP contribution in [-0.2, 0) is 9.47 Å². The summed E-state index contributed by atoms with van der Waals surface area (Å²) in [5, 5.41) is 10.0. The summed E-state index contributed by atoms with van der Waals surface area (Å²) in [6.45, 7) is 1.57. The van der Waals surface area contributed by atoms with Crippen LogP contribution in [0.4, 0.5) is 0 Å². The van der Waals surface area contributed by atoms with Crippen LogP contribution in [-0.4, -0.2) is 30.5 Å². The van der Waals surface area contributed by atoms with E-state index in [1.807, 2.05) is 0 Å². The molecule has 14 heavy (non-hydrogen) atoms. The van der Waals surface area contributed by atoms with Gasteiger partial charge >= 0.3 is 0 Å². The van der Waals surface area contributed by atoms with Gasteiger partial charge in [0.05, 0.1) is 19.0 Å². The first-order valence-electron chi connectivity index (χ1n) is 5.48. The van der Waals surface area contributed by atoms with Gasteiger partial charge in [0.1, 0.15) is 6.10 Å². The van der Waals surface area contributed by atoms with Crippen molar-refractivity contribution in [3.63, 3.8) is 0 Å². The van der Waals surface area contributed by atoms with Gasteiger partial charge in [0.15, 0.2) is 0 Å². The topological polar surface area (TPSA) is 38.7 Å². The Morgan fingerprint density at radius 3 is 2.86 bits per heavy atom. The van der Waals surface area contributed by atoms with E-state index in [2.05, 4.69) is 0 Å². The van der Waals surface area contributed by atoms with E-state index in [0.29, 0.717) is 0 Å². The summed E-state index contributed by atoms with van der Waals surface area (Å²) in [6.07, 6.45) is 6.47. The summed E-state index contributed by atoms with van der Waals surface area (Å²) in [5.74, 6) is 0. The second kappa shape index (κ2) is 4.80. The summed E-state index contributed by atoms with van der Waals surface area (Å²) in [4.78, 5) is 0. The standard InChI is InChI=1S/C11H18O3/c12-11(9-4-3-6-13-8-9)10-5-1-2-7-14-10/h8,10-12H,1-7H2. The fourth-order valence-electron chi connectivity index (χ4n) is 2.06. The van der Waals surface area contributed by atoms with Gasteiger partial charge in [-0.05, 0) is 37.7 Å². The molecule has 2 heterocycles. The molecular formula is C11H18O3. The van der Waals surface area contributed by atoms with E-state index >= 15 is 0 Å². The molecule has 1 fully saturated rings. The molecule has 0 aliphatic carbocycles. The van der Waals surface area contributed by atoms with Crippen LogP contribution in [0.5, 0.6) is 0 Å². The van der Waals surface area contributed by atoms with Gasteiger partial charge in [0.2, 0.25) is 0 Å². The zero-order valence-corrected chi connectivity index (χ0v) is 8.45. The molecule has 0 bridgehead atoms. The molecule has 0 saturated carbocycles. The van der Waals surface area contributed by atoms with E-state index in [-0.39, 0.29) is 6.10 Å². The molecule has 2 aliphatic heterocycles. The third-order valence-electron chi connectivity index (χ3n) is 2.91. The molecule has 2 aliphatic rings. The van der Waals surface area contributed by atoms with Gasteiger partial charge in [-0.15, -0.1) is 0 Å². The van der Waals surface area contributed by atoms with Crippen LogP contribution in [0.25, 0.3) is 0 Å². The molecule has 0 spiro atoms. The van der Waals surface area contributed by atoms with Crippen molar-refractivity contribution < 1.29 is 14.6 Å². The minimum absolute atomic E-state index is 0.00306. The second-order valence-corrected chi connectivity index (χ2v) is 4.02. The smallest absolute Gasteiger partial charge is 0.104 e. The molecule has 2 rings (SSSR count). The van der Waals surface area contributed by atoms with Gasteiger partial charge < -0.3 is 14.6 Å². The minimum atomic E-state index is -0.449. The van der Waals surface area contributed by atoms with Crippen LogP contribution in [0.3, 0.4) is 0 Å². The molecule has 0 aromatic rings. The molecule has 3 nitrogen and oxygen atoms in total.